The van der Waals surface area contributed by atoms with Crippen molar-refractivity contribution < 1.29 is 9.26 Å². The molecule has 1 aliphatic heterocycles. The zero-order chi connectivity index (χ0) is 14.3. The number of ether oxygens (including phenoxy) is 1. The van der Waals surface area contributed by atoms with E-state index in [1.165, 1.54) is 5.56 Å². The number of benzene rings is 1. The molecule has 0 bridgehead atoms. The highest BCUT2D eigenvalue weighted by molar-refractivity contribution is 5.38. The van der Waals surface area contributed by atoms with Crippen molar-refractivity contribution in [2.45, 2.75) is 43.6 Å². The predicted molar refractivity (Wildman–Crippen MR) is 77.0 cm³/mol. The van der Waals surface area contributed by atoms with Crippen LogP contribution in [-0.4, -0.2) is 16.7 Å². The molecular formula is C16H19N3O2. The van der Waals surface area contributed by atoms with Crippen molar-refractivity contribution in [2.24, 2.45) is 5.73 Å². The molecule has 2 N–H and O–H groups in total. The lowest BCUT2D eigenvalue weighted by molar-refractivity contribution is 0.228. The van der Waals surface area contributed by atoms with Gasteiger partial charge in [0.25, 0.3) is 0 Å². The Hall–Kier alpha value is -1.88. The highest BCUT2D eigenvalue weighted by Crippen LogP contribution is 2.38. The van der Waals surface area contributed by atoms with E-state index < -0.39 is 0 Å². The van der Waals surface area contributed by atoms with Crippen LogP contribution in [0, 0.1) is 0 Å². The molecule has 21 heavy (non-hydrogen) atoms. The first-order valence-electron chi connectivity index (χ1n) is 7.58. The molecular weight excluding hydrogens is 266 g/mol. The van der Waals surface area contributed by atoms with Crippen LogP contribution in [0.4, 0.5) is 0 Å². The molecule has 0 radical (unpaired) electrons. The largest absolute Gasteiger partial charge is 0.493 e. The van der Waals surface area contributed by atoms with Crippen LogP contribution in [0.1, 0.15) is 48.9 Å². The van der Waals surface area contributed by atoms with Gasteiger partial charge >= 0.3 is 0 Å². The third kappa shape index (κ3) is 2.21. The van der Waals surface area contributed by atoms with Crippen molar-refractivity contribution >= 4 is 0 Å². The Morgan fingerprint density at radius 1 is 1.29 bits per heavy atom. The van der Waals surface area contributed by atoms with Gasteiger partial charge in [-0.25, -0.2) is 0 Å². The number of hydrogen-bond donors (Lipinski definition) is 1. The second kappa shape index (κ2) is 4.84. The fourth-order valence-corrected chi connectivity index (χ4v) is 3.16. The van der Waals surface area contributed by atoms with Crippen LogP contribution in [0.15, 0.2) is 28.8 Å². The first kappa shape index (κ1) is 12.8. The first-order valence-corrected chi connectivity index (χ1v) is 7.58. The lowest BCUT2D eigenvalue weighted by Crippen LogP contribution is -2.44. The Bertz CT molecular complexity index is 648. The lowest BCUT2D eigenvalue weighted by atomic mass is 9.77. The minimum absolute atomic E-state index is 0.352. The number of aromatic nitrogens is 2. The maximum atomic E-state index is 6.24. The van der Waals surface area contributed by atoms with Crippen LogP contribution in [0.5, 0.6) is 5.75 Å². The SMILES string of the molecule is NC1(c2noc(CC3CCOc4ccccc43)n2)CCC1. The summed E-state index contributed by atoms with van der Waals surface area (Å²) in [6.45, 7) is 0.740. The van der Waals surface area contributed by atoms with E-state index in [9.17, 15) is 0 Å². The third-order valence-corrected chi connectivity index (χ3v) is 4.66. The van der Waals surface area contributed by atoms with E-state index in [4.69, 9.17) is 15.0 Å². The summed E-state index contributed by atoms with van der Waals surface area (Å²) in [4.78, 5) is 4.53. The summed E-state index contributed by atoms with van der Waals surface area (Å²) in [6, 6.07) is 8.18. The fraction of sp³-hybridized carbons (Fsp3) is 0.500. The topological polar surface area (TPSA) is 74.2 Å². The summed E-state index contributed by atoms with van der Waals surface area (Å²) in [7, 11) is 0. The molecule has 1 unspecified atom stereocenters. The standard InChI is InChI=1S/C16H19N3O2/c17-16(7-3-8-16)15-18-14(21-19-15)10-11-6-9-20-13-5-2-1-4-12(11)13/h1-2,4-5,11H,3,6-10,17H2. The van der Waals surface area contributed by atoms with Crippen LogP contribution in [0.2, 0.25) is 0 Å². The normalized spacial score (nSPS) is 23.0. The van der Waals surface area contributed by atoms with Crippen molar-refractivity contribution in [2.75, 3.05) is 6.61 Å². The van der Waals surface area contributed by atoms with Gasteiger partial charge in [0.05, 0.1) is 12.1 Å². The minimum atomic E-state index is -0.352. The van der Waals surface area contributed by atoms with Crippen molar-refractivity contribution in [3.63, 3.8) is 0 Å². The molecule has 5 heteroatoms. The number of fused-ring (bicyclic) bond motifs is 1. The van der Waals surface area contributed by atoms with Crippen LogP contribution < -0.4 is 10.5 Å². The van der Waals surface area contributed by atoms with E-state index >= 15 is 0 Å². The van der Waals surface area contributed by atoms with Gasteiger partial charge < -0.3 is 15.0 Å². The number of hydrogen-bond acceptors (Lipinski definition) is 5. The van der Waals surface area contributed by atoms with Crippen molar-refractivity contribution in [3.8, 4) is 5.75 Å². The van der Waals surface area contributed by atoms with Crippen LogP contribution in [-0.2, 0) is 12.0 Å². The third-order valence-electron chi connectivity index (χ3n) is 4.66. The Kier molecular flexibility index (Phi) is 2.96. The van der Waals surface area contributed by atoms with E-state index in [2.05, 4.69) is 16.2 Å². The predicted octanol–water partition coefficient (Wildman–Crippen LogP) is 2.52. The zero-order valence-corrected chi connectivity index (χ0v) is 11.9. The molecule has 110 valence electrons. The van der Waals surface area contributed by atoms with Gasteiger partial charge in [-0.3, -0.25) is 0 Å². The molecule has 0 amide bonds. The van der Waals surface area contributed by atoms with Gasteiger partial charge in [0.15, 0.2) is 5.82 Å². The Labute approximate surface area is 123 Å². The van der Waals surface area contributed by atoms with E-state index in [1.54, 1.807) is 0 Å². The molecule has 2 aromatic rings. The number of nitrogens with two attached hydrogens (primary N) is 1. The molecule has 1 saturated carbocycles. The Morgan fingerprint density at radius 3 is 2.95 bits per heavy atom. The van der Waals surface area contributed by atoms with Gasteiger partial charge in [-0.15, -0.1) is 0 Å². The minimum Gasteiger partial charge on any atom is -0.493 e. The Balaban J connectivity index is 1.54. The van der Waals surface area contributed by atoms with Gasteiger partial charge in [0, 0.05) is 6.42 Å². The van der Waals surface area contributed by atoms with Gasteiger partial charge in [-0.2, -0.15) is 4.98 Å². The second-order valence-electron chi connectivity index (χ2n) is 6.10. The summed E-state index contributed by atoms with van der Waals surface area (Å²) < 4.78 is 11.1. The molecule has 0 spiro atoms. The maximum Gasteiger partial charge on any atom is 0.227 e. The van der Waals surface area contributed by atoms with Gasteiger partial charge in [0.2, 0.25) is 5.89 Å². The smallest absolute Gasteiger partial charge is 0.227 e. The van der Waals surface area contributed by atoms with Crippen LogP contribution in [0.25, 0.3) is 0 Å². The number of rotatable bonds is 3. The Morgan fingerprint density at radius 2 is 2.14 bits per heavy atom. The zero-order valence-electron chi connectivity index (χ0n) is 11.9. The first-order chi connectivity index (χ1) is 10.2. The van der Waals surface area contributed by atoms with E-state index in [1.807, 2.05) is 18.2 Å². The van der Waals surface area contributed by atoms with Crippen molar-refractivity contribution in [3.05, 3.63) is 41.5 Å². The molecule has 2 heterocycles. The summed E-state index contributed by atoms with van der Waals surface area (Å²) in [5.41, 5.74) is 7.12. The average Bonchev–Trinajstić information content (AvgIpc) is 2.94. The average molecular weight is 285 g/mol. The monoisotopic (exact) mass is 285 g/mol. The summed E-state index contributed by atoms with van der Waals surface area (Å²) in [5, 5.41) is 4.09. The summed E-state index contributed by atoms with van der Waals surface area (Å²) >= 11 is 0. The van der Waals surface area contributed by atoms with Crippen molar-refractivity contribution in [1.82, 2.24) is 10.1 Å². The molecule has 0 saturated heterocycles. The molecule has 2 aliphatic rings. The highest BCUT2D eigenvalue weighted by Gasteiger charge is 2.39. The summed E-state index contributed by atoms with van der Waals surface area (Å²) in [5.74, 6) is 2.70. The second-order valence-corrected chi connectivity index (χ2v) is 6.10. The van der Waals surface area contributed by atoms with Gasteiger partial charge in [0.1, 0.15) is 5.75 Å². The maximum absolute atomic E-state index is 6.24. The van der Waals surface area contributed by atoms with Gasteiger partial charge in [-0.05, 0) is 43.2 Å². The quantitative estimate of drug-likeness (QED) is 0.938. The van der Waals surface area contributed by atoms with Gasteiger partial charge in [-0.1, -0.05) is 23.4 Å². The van der Waals surface area contributed by atoms with Crippen LogP contribution in [0.3, 0.4) is 0 Å². The van der Waals surface area contributed by atoms with E-state index in [0.717, 1.165) is 44.5 Å². The molecule has 4 rings (SSSR count). The lowest BCUT2D eigenvalue weighted by Gasteiger charge is -2.34. The molecule has 1 aliphatic carbocycles. The molecule has 1 fully saturated rings. The fourth-order valence-electron chi connectivity index (χ4n) is 3.16. The number of nitrogens with zero attached hydrogens (tertiary/aromatic N) is 2. The molecule has 5 nitrogen and oxygen atoms in total. The van der Waals surface area contributed by atoms with Crippen molar-refractivity contribution in [1.29, 1.82) is 0 Å². The highest BCUT2D eigenvalue weighted by atomic mass is 16.5. The number of para-hydroxylation sites is 1. The van der Waals surface area contributed by atoms with E-state index in [0.29, 0.717) is 17.6 Å². The summed E-state index contributed by atoms with van der Waals surface area (Å²) in [6.07, 6.45) is 4.78. The molecule has 1 aromatic carbocycles. The van der Waals surface area contributed by atoms with E-state index in [-0.39, 0.29) is 5.54 Å². The molecule has 1 atom stereocenters. The van der Waals surface area contributed by atoms with Crippen LogP contribution >= 0.6 is 0 Å². The molecule has 1 aromatic heterocycles.